The number of anilines is 3. The lowest BCUT2D eigenvalue weighted by Crippen LogP contribution is -2.60. The molecule has 8 rings (SSSR count). The number of aromatic nitrogens is 3. The Morgan fingerprint density at radius 3 is 2.29 bits per heavy atom. The predicted octanol–water partition coefficient (Wildman–Crippen LogP) is 5.39. The fraction of sp³-hybridized carbons (Fsp3) is 0.424. The molecule has 0 amide bonds. The molecule has 2 bridgehead atoms. The molecule has 276 valence electrons. The van der Waals surface area contributed by atoms with Gasteiger partial charge in [-0.3, -0.25) is 9.62 Å². The number of nitrogens with zero attached hydrogens (tertiary/aromatic N) is 5. The Balaban J connectivity index is 1.14. The van der Waals surface area contributed by atoms with Crippen LogP contribution < -0.4 is 14.9 Å². The van der Waals surface area contributed by atoms with E-state index in [1.165, 1.54) is 29.7 Å². The van der Waals surface area contributed by atoms with Gasteiger partial charge in [-0.1, -0.05) is 23.5 Å². The molecule has 4 aromatic rings. The zero-order chi connectivity index (χ0) is 36.6. The van der Waals surface area contributed by atoms with Gasteiger partial charge in [0.15, 0.2) is 25.7 Å². The van der Waals surface area contributed by atoms with E-state index in [-0.39, 0.29) is 58.8 Å². The van der Waals surface area contributed by atoms with Crippen molar-refractivity contribution in [1.82, 2.24) is 19.9 Å². The van der Waals surface area contributed by atoms with Crippen molar-refractivity contribution in [2.24, 2.45) is 5.41 Å². The summed E-state index contributed by atoms with van der Waals surface area (Å²) >= 11 is 1.22. The number of fused-ring (bicyclic) bond motifs is 2. The maximum Gasteiger partial charge on any atom is 0.267 e. The van der Waals surface area contributed by atoms with Gasteiger partial charge in [0.1, 0.15) is 11.6 Å². The summed E-state index contributed by atoms with van der Waals surface area (Å²) in [4.78, 5) is 16.9. The van der Waals surface area contributed by atoms with Gasteiger partial charge in [0, 0.05) is 48.4 Å². The van der Waals surface area contributed by atoms with Gasteiger partial charge in [0.25, 0.3) is 16.4 Å². The fourth-order valence-electron chi connectivity index (χ4n) is 8.10. The maximum absolute atomic E-state index is 16.4. The molecule has 1 spiro atoms. The van der Waals surface area contributed by atoms with Crippen LogP contribution in [0, 0.1) is 22.9 Å². The SMILES string of the molecule is O=S1(=O)CC2(CC(Nc3nccc(-c4sc(N5C6CCC5CN(CC(F)F)C6)nc4-c4cccc(NS(=O)(=O)c5c(F)cccc5F)c4F)n3)C2)C1. The van der Waals surface area contributed by atoms with Crippen LogP contribution in [0.4, 0.5) is 38.7 Å². The van der Waals surface area contributed by atoms with Crippen molar-refractivity contribution in [2.45, 2.75) is 55.1 Å². The van der Waals surface area contributed by atoms with E-state index in [2.05, 4.69) is 15.2 Å². The molecule has 2 aromatic heterocycles. The molecular formula is C33H32F5N7O4S3. The van der Waals surface area contributed by atoms with Crippen LogP contribution in [0.5, 0.6) is 0 Å². The van der Waals surface area contributed by atoms with E-state index in [1.807, 2.05) is 4.72 Å². The third-order valence-electron chi connectivity index (χ3n) is 10.1. The molecule has 3 saturated heterocycles. The highest BCUT2D eigenvalue weighted by atomic mass is 32.2. The van der Waals surface area contributed by atoms with Crippen molar-refractivity contribution in [3.8, 4) is 21.8 Å². The molecule has 1 aliphatic carbocycles. The normalized spacial score (nSPS) is 22.4. The van der Waals surface area contributed by atoms with E-state index in [4.69, 9.17) is 9.97 Å². The van der Waals surface area contributed by atoms with Crippen molar-refractivity contribution in [1.29, 1.82) is 0 Å². The summed E-state index contributed by atoms with van der Waals surface area (Å²) in [6, 6.07) is 7.80. The first kappa shape index (κ1) is 35.1. The quantitative estimate of drug-likeness (QED) is 0.202. The highest BCUT2D eigenvalue weighted by Crippen LogP contribution is 2.51. The van der Waals surface area contributed by atoms with Crippen molar-refractivity contribution in [2.75, 3.05) is 46.1 Å². The number of rotatable bonds is 10. The fourth-order valence-corrected chi connectivity index (χ4v) is 12.7. The number of piperazine rings is 1. The minimum absolute atomic E-state index is 0.0381. The van der Waals surface area contributed by atoms with Crippen molar-refractivity contribution in [3.63, 3.8) is 0 Å². The standard InChI is InChI=1S/C33H32F5N7O4S3/c34-22-4-2-5-23(35)30(22)52(48,49)43-24-6-1-3-21(27(24)38)28-29(50-32(42-28)45-19-7-8-20(45)14-44(13-19)15-26(36)37)25-9-10-39-31(41-25)40-18-11-33(12-18)16-51(46,47)17-33/h1-6,9-10,18-20,26,43H,7-8,11-17H2,(H,39,40,41). The molecule has 3 aliphatic heterocycles. The zero-order valence-corrected chi connectivity index (χ0v) is 29.7. The van der Waals surface area contributed by atoms with Gasteiger partial charge in [-0.15, -0.1) is 0 Å². The number of halogens is 5. The van der Waals surface area contributed by atoms with Gasteiger partial charge in [-0.05, 0) is 56.0 Å². The first-order valence-corrected chi connectivity index (χ1v) is 20.7. The number of hydrogen-bond donors (Lipinski definition) is 2. The third kappa shape index (κ3) is 6.49. The summed E-state index contributed by atoms with van der Waals surface area (Å²) in [5.41, 5.74) is -0.399. The molecule has 5 heterocycles. The molecule has 52 heavy (non-hydrogen) atoms. The van der Waals surface area contributed by atoms with Gasteiger partial charge in [-0.2, -0.15) is 0 Å². The number of likely N-dealkylation sites (tertiary alicyclic amines) is 1. The van der Waals surface area contributed by atoms with Crippen LogP contribution in [0.25, 0.3) is 21.8 Å². The molecule has 2 atom stereocenters. The van der Waals surface area contributed by atoms with E-state index in [1.54, 1.807) is 11.0 Å². The largest absolute Gasteiger partial charge is 0.351 e. The lowest BCUT2D eigenvalue weighted by molar-refractivity contribution is 0.0771. The molecule has 19 heteroatoms. The zero-order valence-electron chi connectivity index (χ0n) is 27.3. The van der Waals surface area contributed by atoms with Crippen molar-refractivity contribution >= 4 is 48.0 Å². The smallest absolute Gasteiger partial charge is 0.267 e. The minimum atomic E-state index is -4.90. The topological polar surface area (TPSA) is 137 Å². The number of sulfone groups is 1. The molecule has 0 radical (unpaired) electrons. The van der Waals surface area contributed by atoms with Crippen LogP contribution in [0.3, 0.4) is 0 Å². The van der Waals surface area contributed by atoms with Crippen LogP contribution in [-0.4, -0.2) is 92.4 Å². The van der Waals surface area contributed by atoms with E-state index in [0.29, 0.717) is 41.6 Å². The summed E-state index contributed by atoms with van der Waals surface area (Å²) in [5, 5.41) is 3.77. The second kappa shape index (κ2) is 12.9. The Kier molecular flexibility index (Phi) is 8.69. The van der Waals surface area contributed by atoms with Gasteiger partial charge in [0.05, 0.1) is 40.0 Å². The number of sulfonamides is 1. The van der Waals surface area contributed by atoms with E-state index in [9.17, 15) is 34.4 Å². The van der Waals surface area contributed by atoms with Crippen LogP contribution in [0.1, 0.15) is 25.7 Å². The second-order valence-corrected chi connectivity index (χ2v) is 18.6. The first-order valence-electron chi connectivity index (χ1n) is 16.5. The highest BCUT2D eigenvalue weighted by molar-refractivity contribution is 7.93. The lowest BCUT2D eigenvalue weighted by atomic mass is 9.67. The van der Waals surface area contributed by atoms with Crippen LogP contribution in [0.15, 0.2) is 53.6 Å². The molecule has 4 aliphatic rings. The summed E-state index contributed by atoms with van der Waals surface area (Å²) < 4.78 is 124. The lowest BCUT2D eigenvalue weighted by Gasteiger charge is -2.53. The highest BCUT2D eigenvalue weighted by Gasteiger charge is 2.56. The van der Waals surface area contributed by atoms with E-state index >= 15 is 4.39 Å². The summed E-state index contributed by atoms with van der Waals surface area (Å²) in [6.45, 7) is 0.457. The Hall–Kier alpha value is -3.94. The maximum atomic E-state index is 16.4. The van der Waals surface area contributed by atoms with Crippen LogP contribution in [0.2, 0.25) is 0 Å². The second-order valence-electron chi connectivity index (χ2n) is 13.9. The number of hydrogen-bond acceptors (Lipinski definition) is 11. The third-order valence-corrected chi connectivity index (χ3v) is 14.7. The van der Waals surface area contributed by atoms with Crippen molar-refractivity contribution in [3.05, 3.63) is 66.1 Å². The Bertz CT molecular complexity index is 2220. The number of thiazole rings is 1. The van der Waals surface area contributed by atoms with Gasteiger partial charge in [-0.25, -0.2) is 53.7 Å². The molecule has 11 nitrogen and oxygen atoms in total. The monoisotopic (exact) mass is 781 g/mol. The van der Waals surface area contributed by atoms with Crippen LogP contribution >= 0.6 is 11.3 Å². The molecule has 4 fully saturated rings. The van der Waals surface area contributed by atoms with Gasteiger partial charge < -0.3 is 10.2 Å². The Morgan fingerprint density at radius 1 is 0.962 bits per heavy atom. The Morgan fingerprint density at radius 2 is 1.63 bits per heavy atom. The minimum Gasteiger partial charge on any atom is -0.351 e. The molecular weight excluding hydrogens is 750 g/mol. The number of benzene rings is 2. The summed E-state index contributed by atoms with van der Waals surface area (Å²) in [7, 11) is -7.88. The molecule has 2 aromatic carbocycles. The summed E-state index contributed by atoms with van der Waals surface area (Å²) in [6.07, 6.45) is 1.85. The molecule has 2 unspecified atom stereocenters. The van der Waals surface area contributed by atoms with Crippen LogP contribution in [-0.2, 0) is 19.9 Å². The van der Waals surface area contributed by atoms with E-state index < -0.39 is 54.3 Å². The predicted molar refractivity (Wildman–Crippen MR) is 185 cm³/mol. The average Bonchev–Trinajstić information content (AvgIpc) is 3.58. The summed E-state index contributed by atoms with van der Waals surface area (Å²) in [5.74, 6) is -3.13. The number of nitrogens with one attached hydrogen (secondary N) is 2. The van der Waals surface area contributed by atoms with Gasteiger partial charge >= 0.3 is 0 Å². The number of alkyl halides is 2. The molecule has 2 N–H and O–H groups in total. The average molecular weight is 782 g/mol. The first-order chi connectivity index (χ1) is 24.7. The van der Waals surface area contributed by atoms with E-state index in [0.717, 1.165) is 37.1 Å². The Labute approximate surface area is 300 Å². The van der Waals surface area contributed by atoms with Gasteiger partial charge in [0.2, 0.25) is 5.95 Å². The molecule has 1 saturated carbocycles. The van der Waals surface area contributed by atoms with Crippen molar-refractivity contribution < 1.29 is 38.8 Å².